The van der Waals surface area contributed by atoms with Crippen LogP contribution >= 0.6 is 16.3 Å². The van der Waals surface area contributed by atoms with Gasteiger partial charge in [-0.3, -0.25) is 3.83 Å². The van der Waals surface area contributed by atoms with Crippen molar-refractivity contribution in [2.75, 3.05) is 0 Å². The minimum atomic E-state index is -4.93. The Kier molecular flexibility index (Phi) is 2.68. The first-order valence-electron chi connectivity index (χ1n) is 1.46. The van der Waals surface area contributed by atoms with E-state index in [9.17, 15) is 17.6 Å². The molecule has 8 heavy (non-hydrogen) atoms. The largest absolute Gasteiger partial charge is 0.446 e. The Balaban J connectivity index is 3.62. The summed E-state index contributed by atoms with van der Waals surface area (Å²) in [6.45, 7) is 0. The molecule has 0 aromatic rings. The van der Waals surface area contributed by atoms with Gasteiger partial charge in [0.05, 0.1) is 0 Å². The van der Waals surface area contributed by atoms with Crippen molar-refractivity contribution < 1.29 is 21.4 Å². The second-order valence-corrected chi connectivity index (χ2v) is 1.32. The van der Waals surface area contributed by atoms with Crippen molar-refractivity contribution in [2.45, 2.75) is 12.5 Å². The van der Waals surface area contributed by atoms with Gasteiger partial charge in [-0.2, -0.15) is 13.2 Å². The van der Waals surface area contributed by atoms with E-state index in [0.717, 1.165) is 0 Å². The standard InChI is InChI=1S/C2HBrF4O/c3-8-1(4)2(5,6)7/h1H. The zero-order chi connectivity index (χ0) is 6.78. The molecule has 0 aromatic carbocycles. The van der Waals surface area contributed by atoms with Crippen LogP contribution in [0.1, 0.15) is 0 Å². The number of rotatable bonds is 1. The third-order valence-electron chi connectivity index (χ3n) is 0.336. The van der Waals surface area contributed by atoms with Crippen molar-refractivity contribution in [3.8, 4) is 0 Å². The molecule has 0 spiro atoms. The first kappa shape index (κ1) is 8.16. The first-order chi connectivity index (χ1) is 3.48. The highest BCUT2D eigenvalue weighted by Crippen LogP contribution is 2.24. The average Bonchev–Trinajstić information content (AvgIpc) is 1.62. The van der Waals surface area contributed by atoms with E-state index >= 15 is 0 Å². The van der Waals surface area contributed by atoms with Crippen LogP contribution in [0.25, 0.3) is 0 Å². The Morgan fingerprint density at radius 1 is 1.38 bits per heavy atom. The van der Waals surface area contributed by atoms with Crippen LogP contribution in [0.5, 0.6) is 0 Å². The third-order valence-corrected chi connectivity index (χ3v) is 0.664. The van der Waals surface area contributed by atoms with Gasteiger partial charge < -0.3 is 0 Å². The Bertz CT molecular complexity index is 70.9. The van der Waals surface area contributed by atoms with E-state index in [4.69, 9.17) is 0 Å². The molecular formula is C2HBrF4O. The van der Waals surface area contributed by atoms with Gasteiger partial charge in [0.15, 0.2) is 0 Å². The molecule has 0 rings (SSSR count). The van der Waals surface area contributed by atoms with E-state index in [0.29, 0.717) is 0 Å². The number of hydrogen-bond acceptors (Lipinski definition) is 1. The summed E-state index contributed by atoms with van der Waals surface area (Å²) in [5.41, 5.74) is 0. The molecule has 1 nitrogen and oxygen atoms in total. The molecule has 0 aromatic heterocycles. The van der Waals surface area contributed by atoms with E-state index in [1.807, 2.05) is 16.3 Å². The van der Waals surface area contributed by atoms with Gasteiger partial charge in [0.25, 0.3) is 0 Å². The van der Waals surface area contributed by atoms with E-state index in [-0.39, 0.29) is 0 Å². The Hall–Kier alpha value is 0.160. The summed E-state index contributed by atoms with van der Waals surface area (Å²) in [7, 11) is 0. The second kappa shape index (κ2) is 2.63. The van der Waals surface area contributed by atoms with Crippen LogP contribution in [0.4, 0.5) is 17.6 Å². The molecule has 1 unspecified atom stereocenters. The van der Waals surface area contributed by atoms with Crippen LogP contribution in [0.15, 0.2) is 0 Å². The summed E-state index contributed by atoms with van der Waals surface area (Å²) in [6.07, 6.45) is -8.16. The lowest BCUT2D eigenvalue weighted by Gasteiger charge is -2.06. The fraction of sp³-hybridized carbons (Fsp3) is 1.00. The zero-order valence-electron chi connectivity index (χ0n) is 3.38. The van der Waals surface area contributed by atoms with Crippen LogP contribution in [-0.2, 0) is 3.83 Å². The van der Waals surface area contributed by atoms with Crippen molar-refractivity contribution in [1.82, 2.24) is 0 Å². The van der Waals surface area contributed by atoms with Crippen molar-refractivity contribution >= 4 is 16.3 Å². The fourth-order valence-corrected chi connectivity index (χ4v) is 0.262. The highest BCUT2D eigenvalue weighted by atomic mass is 79.9. The Morgan fingerprint density at radius 2 is 1.75 bits per heavy atom. The summed E-state index contributed by atoms with van der Waals surface area (Å²) in [5, 5.41) is 0. The van der Waals surface area contributed by atoms with Gasteiger partial charge in [-0.1, -0.05) is 0 Å². The quantitative estimate of drug-likeness (QED) is 0.585. The predicted molar refractivity (Wildman–Crippen MR) is 21.0 cm³/mol. The molecule has 0 saturated carbocycles. The highest BCUT2D eigenvalue weighted by Gasteiger charge is 2.41. The molecule has 50 valence electrons. The maximum atomic E-state index is 11.2. The molecule has 0 radical (unpaired) electrons. The molecule has 0 saturated heterocycles. The first-order valence-corrected chi connectivity index (χ1v) is 2.11. The Labute approximate surface area is 51.1 Å². The number of alkyl halides is 4. The maximum Gasteiger partial charge on any atom is 0.446 e. The van der Waals surface area contributed by atoms with Gasteiger partial charge in [0.1, 0.15) is 16.3 Å². The normalized spacial score (nSPS) is 16.1. The lowest BCUT2D eigenvalue weighted by molar-refractivity contribution is -0.230. The molecule has 0 fully saturated rings. The van der Waals surface area contributed by atoms with E-state index < -0.39 is 12.5 Å². The highest BCUT2D eigenvalue weighted by molar-refractivity contribution is 9.06. The zero-order valence-corrected chi connectivity index (χ0v) is 4.96. The molecule has 0 aliphatic heterocycles. The fourth-order valence-electron chi connectivity index (χ4n) is 0.0505. The van der Waals surface area contributed by atoms with Crippen molar-refractivity contribution in [3.63, 3.8) is 0 Å². The molecular weight excluding hydrogens is 196 g/mol. The van der Waals surface area contributed by atoms with Crippen LogP contribution in [0.3, 0.4) is 0 Å². The molecule has 0 heterocycles. The lowest BCUT2D eigenvalue weighted by Crippen LogP contribution is -2.23. The van der Waals surface area contributed by atoms with Crippen LogP contribution in [0, 0.1) is 0 Å². The molecule has 0 bridgehead atoms. The summed E-state index contributed by atoms with van der Waals surface area (Å²) in [6, 6.07) is 0. The third kappa shape index (κ3) is 2.46. The minimum absolute atomic E-state index is 1.86. The molecule has 0 aliphatic carbocycles. The molecule has 1 atom stereocenters. The Morgan fingerprint density at radius 3 is 1.75 bits per heavy atom. The second-order valence-electron chi connectivity index (χ2n) is 0.947. The number of halogens is 5. The van der Waals surface area contributed by atoms with Crippen molar-refractivity contribution in [3.05, 3.63) is 0 Å². The van der Waals surface area contributed by atoms with Crippen LogP contribution < -0.4 is 0 Å². The topological polar surface area (TPSA) is 9.23 Å². The summed E-state index contributed by atoms with van der Waals surface area (Å²) >= 11 is 1.86. The average molecular weight is 197 g/mol. The molecule has 0 aliphatic rings. The summed E-state index contributed by atoms with van der Waals surface area (Å²) in [5.74, 6) is 0. The van der Waals surface area contributed by atoms with Gasteiger partial charge in [-0.05, 0) is 0 Å². The summed E-state index contributed by atoms with van der Waals surface area (Å²) in [4.78, 5) is 0. The van der Waals surface area contributed by atoms with Gasteiger partial charge in [-0.15, -0.1) is 0 Å². The van der Waals surface area contributed by atoms with Gasteiger partial charge in [0.2, 0.25) is 0 Å². The molecule has 6 heteroatoms. The minimum Gasteiger partial charge on any atom is -0.261 e. The van der Waals surface area contributed by atoms with E-state index in [1.54, 1.807) is 0 Å². The van der Waals surface area contributed by atoms with Crippen molar-refractivity contribution in [1.29, 1.82) is 0 Å². The smallest absolute Gasteiger partial charge is 0.261 e. The monoisotopic (exact) mass is 196 g/mol. The molecule has 0 amide bonds. The van der Waals surface area contributed by atoms with Crippen LogP contribution in [-0.4, -0.2) is 12.5 Å². The van der Waals surface area contributed by atoms with Crippen molar-refractivity contribution in [2.24, 2.45) is 0 Å². The predicted octanol–water partition coefficient (Wildman–Crippen LogP) is 2.17. The van der Waals surface area contributed by atoms with Gasteiger partial charge in [0, 0.05) is 0 Å². The van der Waals surface area contributed by atoms with Gasteiger partial charge >= 0.3 is 12.5 Å². The van der Waals surface area contributed by atoms with Gasteiger partial charge in [-0.25, -0.2) is 4.39 Å². The maximum absolute atomic E-state index is 11.2. The number of hydrogen-bond donors (Lipinski definition) is 0. The van der Waals surface area contributed by atoms with Crippen LogP contribution in [0.2, 0.25) is 0 Å². The van der Waals surface area contributed by atoms with E-state index in [1.165, 1.54) is 0 Å². The lowest BCUT2D eigenvalue weighted by atomic mass is 10.7. The van der Waals surface area contributed by atoms with E-state index in [2.05, 4.69) is 3.83 Å². The summed E-state index contributed by atoms with van der Waals surface area (Å²) < 4.78 is 47.1. The molecule has 0 N–H and O–H groups in total. The SMILES string of the molecule is FC(OBr)C(F)(F)F.